The van der Waals surface area contributed by atoms with Crippen molar-refractivity contribution in [3.8, 4) is 0 Å². The topological polar surface area (TPSA) is 59.2 Å². The molecule has 100 valence electrons. The number of hydrogen-bond donors (Lipinski definition) is 2. The largest absolute Gasteiger partial charge is 0.381 e. The molecule has 2 N–H and O–H groups in total. The molecule has 1 aromatic heterocycles. The van der Waals surface area contributed by atoms with Crippen LogP contribution in [-0.4, -0.2) is 36.3 Å². The molecule has 0 aromatic carbocycles. The molecule has 0 atom stereocenters. The van der Waals surface area contributed by atoms with E-state index >= 15 is 0 Å². The monoisotopic (exact) mass is 251 g/mol. The van der Waals surface area contributed by atoms with Gasteiger partial charge in [0, 0.05) is 57.6 Å². The molecule has 0 spiro atoms. The average Bonchev–Trinajstić information content (AvgIpc) is 3.14. The second kappa shape index (κ2) is 4.99. The first-order valence-electron chi connectivity index (χ1n) is 6.73. The Morgan fingerprint density at radius 2 is 2.28 bits per heavy atom. The third-order valence-corrected chi connectivity index (χ3v) is 3.91. The zero-order valence-electron chi connectivity index (χ0n) is 10.9. The molecule has 1 saturated carbocycles. The molecule has 0 unspecified atom stereocenters. The van der Waals surface area contributed by atoms with Crippen LogP contribution in [0, 0.1) is 0 Å². The molecule has 2 heterocycles. The second-order valence-corrected chi connectivity index (χ2v) is 5.22. The van der Waals surface area contributed by atoms with E-state index in [1.54, 1.807) is 7.11 Å². The number of methoxy groups -OCH3 is 1. The van der Waals surface area contributed by atoms with E-state index in [4.69, 9.17) is 9.47 Å². The summed E-state index contributed by atoms with van der Waals surface area (Å²) in [6, 6.07) is 0.719. The maximum Gasteiger partial charge on any atom is 0.138 e. The lowest BCUT2D eigenvalue weighted by molar-refractivity contribution is -0.0996. The van der Waals surface area contributed by atoms with Gasteiger partial charge in [0.1, 0.15) is 11.4 Å². The molecule has 1 aliphatic carbocycles. The van der Waals surface area contributed by atoms with Crippen LogP contribution in [0.25, 0.3) is 0 Å². The van der Waals surface area contributed by atoms with E-state index in [-0.39, 0.29) is 5.60 Å². The van der Waals surface area contributed by atoms with E-state index in [1.165, 1.54) is 12.8 Å². The molecule has 0 radical (unpaired) electrons. The van der Waals surface area contributed by atoms with Gasteiger partial charge in [-0.1, -0.05) is 0 Å². The van der Waals surface area contributed by atoms with Crippen molar-refractivity contribution in [1.29, 1.82) is 0 Å². The highest BCUT2D eigenvalue weighted by molar-refractivity contribution is 5.10. The van der Waals surface area contributed by atoms with Gasteiger partial charge in [-0.15, -0.1) is 0 Å². The normalized spacial score (nSPS) is 23.2. The van der Waals surface area contributed by atoms with E-state index in [0.29, 0.717) is 0 Å². The van der Waals surface area contributed by atoms with Gasteiger partial charge in [0.2, 0.25) is 0 Å². The summed E-state index contributed by atoms with van der Waals surface area (Å²) >= 11 is 0. The van der Waals surface area contributed by atoms with Crippen molar-refractivity contribution in [1.82, 2.24) is 15.3 Å². The molecular formula is C13H21N3O2. The number of imidazole rings is 1. The van der Waals surface area contributed by atoms with Gasteiger partial charge in [-0.05, 0) is 12.8 Å². The Balaban J connectivity index is 1.69. The summed E-state index contributed by atoms with van der Waals surface area (Å²) in [4.78, 5) is 7.91. The minimum absolute atomic E-state index is 0.282. The Labute approximate surface area is 107 Å². The van der Waals surface area contributed by atoms with Crippen LogP contribution in [0.5, 0.6) is 0 Å². The van der Waals surface area contributed by atoms with Crippen LogP contribution >= 0.6 is 0 Å². The van der Waals surface area contributed by atoms with Crippen LogP contribution in [0.3, 0.4) is 0 Å². The first kappa shape index (κ1) is 12.1. The molecule has 5 heteroatoms. The predicted octanol–water partition coefficient (Wildman–Crippen LogP) is 1.31. The molecule has 2 fully saturated rings. The molecule has 5 nitrogen and oxygen atoms in total. The maximum absolute atomic E-state index is 5.72. The maximum atomic E-state index is 5.72. The number of ether oxygens (including phenoxy) is 2. The van der Waals surface area contributed by atoms with E-state index in [2.05, 4.69) is 15.3 Å². The van der Waals surface area contributed by atoms with Crippen LogP contribution in [0.2, 0.25) is 0 Å². The first-order valence-corrected chi connectivity index (χ1v) is 6.73. The molecule has 1 saturated heterocycles. The smallest absolute Gasteiger partial charge is 0.138 e. The summed E-state index contributed by atoms with van der Waals surface area (Å²) in [5, 5.41) is 3.48. The lowest BCUT2D eigenvalue weighted by Crippen LogP contribution is -2.36. The van der Waals surface area contributed by atoms with Gasteiger partial charge in [0.25, 0.3) is 0 Å². The van der Waals surface area contributed by atoms with E-state index in [0.717, 1.165) is 50.2 Å². The number of aromatic amines is 1. The molecule has 1 aliphatic heterocycles. The van der Waals surface area contributed by atoms with Crippen LogP contribution in [0.15, 0.2) is 6.20 Å². The van der Waals surface area contributed by atoms with E-state index in [1.807, 2.05) is 6.20 Å². The highest BCUT2D eigenvalue weighted by Gasteiger charge is 2.37. The molecule has 3 rings (SSSR count). The molecule has 0 amide bonds. The summed E-state index contributed by atoms with van der Waals surface area (Å²) in [6.45, 7) is 2.35. The van der Waals surface area contributed by atoms with Crippen molar-refractivity contribution in [2.45, 2.75) is 43.9 Å². The highest BCUT2D eigenvalue weighted by Crippen LogP contribution is 2.33. The summed E-state index contributed by atoms with van der Waals surface area (Å²) in [5.74, 6) is 0.945. The van der Waals surface area contributed by atoms with Gasteiger partial charge in [0.15, 0.2) is 0 Å². The number of rotatable bonds is 5. The molecule has 1 aromatic rings. The lowest BCUT2D eigenvalue weighted by atomic mass is 9.93. The third-order valence-electron chi connectivity index (χ3n) is 3.91. The van der Waals surface area contributed by atoms with Crippen molar-refractivity contribution < 1.29 is 9.47 Å². The quantitative estimate of drug-likeness (QED) is 0.828. The Kier molecular flexibility index (Phi) is 3.37. The van der Waals surface area contributed by atoms with Gasteiger partial charge in [-0.2, -0.15) is 0 Å². The van der Waals surface area contributed by atoms with Crippen molar-refractivity contribution in [2.24, 2.45) is 0 Å². The number of H-pyrrole nitrogens is 1. The SMILES string of the molecule is COC1(c2ncc(CNC3CC3)[nH]2)CCOCC1. The van der Waals surface area contributed by atoms with E-state index < -0.39 is 0 Å². The fourth-order valence-electron chi connectivity index (χ4n) is 2.46. The minimum atomic E-state index is -0.282. The Morgan fingerprint density at radius 3 is 2.94 bits per heavy atom. The summed E-state index contributed by atoms with van der Waals surface area (Å²) in [5.41, 5.74) is 0.857. The summed E-state index contributed by atoms with van der Waals surface area (Å²) in [6.07, 6.45) is 6.26. The van der Waals surface area contributed by atoms with Gasteiger partial charge < -0.3 is 19.8 Å². The molecule has 0 bridgehead atoms. The van der Waals surface area contributed by atoms with Crippen molar-refractivity contribution in [3.63, 3.8) is 0 Å². The zero-order chi connectivity index (χ0) is 12.4. The van der Waals surface area contributed by atoms with Crippen molar-refractivity contribution in [2.75, 3.05) is 20.3 Å². The Hall–Kier alpha value is -0.910. The molecular weight excluding hydrogens is 230 g/mol. The van der Waals surface area contributed by atoms with Gasteiger partial charge >= 0.3 is 0 Å². The fourth-order valence-corrected chi connectivity index (χ4v) is 2.46. The summed E-state index contributed by atoms with van der Waals surface area (Å²) in [7, 11) is 1.76. The van der Waals surface area contributed by atoms with E-state index in [9.17, 15) is 0 Å². The highest BCUT2D eigenvalue weighted by atomic mass is 16.5. The minimum Gasteiger partial charge on any atom is -0.381 e. The second-order valence-electron chi connectivity index (χ2n) is 5.22. The lowest BCUT2D eigenvalue weighted by Gasteiger charge is -2.33. The number of aromatic nitrogens is 2. The Morgan fingerprint density at radius 1 is 1.50 bits per heavy atom. The zero-order valence-corrected chi connectivity index (χ0v) is 10.9. The van der Waals surface area contributed by atoms with Crippen molar-refractivity contribution in [3.05, 3.63) is 17.7 Å². The standard InChI is InChI=1S/C13H21N3O2/c1-17-13(4-6-18-7-5-13)12-15-9-11(16-12)8-14-10-2-3-10/h9-10,14H,2-8H2,1H3,(H,15,16). The van der Waals surface area contributed by atoms with Gasteiger partial charge in [-0.3, -0.25) is 0 Å². The predicted molar refractivity (Wildman–Crippen MR) is 67.2 cm³/mol. The number of hydrogen-bond acceptors (Lipinski definition) is 4. The summed E-state index contributed by atoms with van der Waals surface area (Å²) < 4.78 is 11.1. The number of nitrogens with zero attached hydrogens (tertiary/aromatic N) is 1. The van der Waals surface area contributed by atoms with Crippen LogP contribution in [0.1, 0.15) is 37.2 Å². The van der Waals surface area contributed by atoms with Crippen LogP contribution in [0.4, 0.5) is 0 Å². The van der Waals surface area contributed by atoms with Crippen LogP contribution < -0.4 is 5.32 Å². The van der Waals surface area contributed by atoms with Gasteiger partial charge in [-0.25, -0.2) is 4.98 Å². The fraction of sp³-hybridized carbons (Fsp3) is 0.769. The average molecular weight is 251 g/mol. The number of nitrogens with one attached hydrogen (secondary N) is 2. The van der Waals surface area contributed by atoms with Gasteiger partial charge in [0.05, 0.1) is 0 Å². The molecule has 2 aliphatic rings. The van der Waals surface area contributed by atoms with Crippen LogP contribution in [-0.2, 0) is 21.6 Å². The third kappa shape index (κ3) is 2.43. The van der Waals surface area contributed by atoms with Crippen molar-refractivity contribution >= 4 is 0 Å². The molecule has 18 heavy (non-hydrogen) atoms. The Bertz CT molecular complexity index is 395. The first-order chi connectivity index (χ1) is 8.82.